The summed E-state index contributed by atoms with van der Waals surface area (Å²) >= 11 is 0. The number of aliphatic hydroxyl groups is 1. The summed E-state index contributed by atoms with van der Waals surface area (Å²) in [6, 6.07) is 22.3. The molecule has 3 N–H and O–H groups in total. The van der Waals surface area contributed by atoms with Gasteiger partial charge in [-0.2, -0.15) is 9.67 Å². The number of nitrogen functional groups attached to an aromatic ring is 1. The quantitative estimate of drug-likeness (QED) is 0.282. The van der Waals surface area contributed by atoms with Gasteiger partial charge in [0.05, 0.1) is 23.0 Å². The van der Waals surface area contributed by atoms with Crippen LogP contribution in [0.5, 0.6) is 11.6 Å². The molecule has 41 heavy (non-hydrogen) atoms. The number of aromatic nitrogens is 7. The first-order valence-corrected chi connectivity index (χ1v) is 12.9. The lowest BCUT2D eigenvalue weighted by Crippen LogP contribution is -2.17. The maximum absolute atomic E-state index is 10.3. The number of pyridine rings is 2. The van der Waals surface area contributed by atoms with Crippen molar-refractivity contribution in [2.45, 2.75) is 19.4 Å². The topological polar surface area (TPSA) is 142 Å². The van der Waals surface area contributed by atoms with Gasteiger partial charge in [0.2, 0.25) is 11.8 Å². The number of rotatable bonds is 6. The highest BCUT2D eigenvalue weighted by Gasteiger charge is 2.23. The molecule has 7 rings (SSSR count). The number of fused-ring (bicyclic) bond motifs is 2. The number of furan rings is 1. The normalized spacial score (nSPS) is 11.9. The SMILES string of the molecule is CC(C)(O)c1cccc(Oc2ccc3c(c2)nnn3-c2nc(N)nc(-c3ccco3)c2-c2ccc3cccn3c2)n1. The molecule has 0 unspecified atom stereocenters. The third-order valence-electron chi connectivity index (χ3n) is 6.66. The molecule has 0 amide bonds. The van der Waals surface area contributed by atoms with Crippen molar-refractivity contribution in [2.75, 3.05) is 5.73 Å². The lowest BCUT2D eigenvalue weighted by Gasteiger charge is -2.17. The van der Waals surface area contributed by atoms with Gasteiger partial charge in [-0.05, 0) is 62.4 Å². The van der Waals surface area contributed by atoms with Crippen molar-refractivity contribution in [3.8, 4) is 40.0 Å². The first kappa shape index (κ1) is 24.5. The Morgan fingerprint density at radius 2 is 1.85 bits per heavy atom. The highest BCUT2D eigenvalue weighted by molar-refractivity contribution is 5.87. The Labute approximate surface area is 233 Å². The van der Waals surface area contributed by atoms with Crippen molar-refractivity contribution >= 4 is 22.5 Å². The van der Waals surface area contributed by atoms with E-state index in [2.05, 4.69) is 25.3 Å². The van der Waals surface area contributed by atoms with Crippen LogP contribution in [0.1, 0.15) is 19.5 Å². The first-order chi connectivity index (χ1) is 19.8. The third kappa shape index (κ3) is 4.43. The molecule has 0 aliphatic rings. The van der Waals surface area contributed by atoms with Crippen LogP contribution in [0.3, 0.4) is 0 Å². The van der Waals surface area contributed by atoms with E-state index < -0.39 is 5.60 Å². The fourth-order valence-corrected chi connectivity index (χ4v) is 4.71. The molecule has 0 bridgehead atoms. The van der Waals surface area contributed by atoms with Crippen LogP contribution >= 0.6 is 0 Å². The molecule has 0 aliphatic heterocycles. The van der Waals surface area contributed by atoms with Gasteiger partial charge in [0.25, 0.3) is 0 Å². The van der Waals surface area contributed by atoms with Gasteiger partial charge in [-0.15, -0.1) is 5.10 Å². The second-order valence-corrected chi connectivity index (χ2v) is 10.0. The highest BCUT2D eigenvalue weighted by Crippen LogP contribution is 2.37. The van der Waals surface area contributed by atoms with Crippen LogP contribution < -0.4 is 10.5 Å². The Bertz CT molecular complexity index is 2040. The van der Waals surface area contributed by atoms with Gasteiger partial charge in [0.15, 0.2) is 11.6 Å². The molecular weight excluding hydrogens is 520 g/mol. The summed E-state index contributed by atoms with van der Waals surface area (Å²) in [5.74, 6) is 1.93. The minimum Gasteiger partial charge on any atom is -0.463 e. The molecular formula is C30H24N8O3. The van der Waals surface area contributed by atoms with E-state index in [9.17, 15) is 5.11 Å². The van der Waals surface area contributed by atoms with Crippen LogP contribution in [0.15, 0.2) is 95.9 Å². The van der Waals surface area contributed by atoms with E-state index in [0.717, 1.165) is 11.1 Å². The van der Waals surface area contributed by atoms with Crippen LogP contribution in [0.25, 0.3) is 44.9 Å². The van der Waals surface area contributed by atoms with E-state index in [0.29, 0.717) is 51.2 Å². The minimum atomic E-state index is -1.09. The lowest BCUT2D eigenvalue weighted by molar-refractivity contribution is 0.0733. The zero-order valence-electron chi connectivity index (χ0n) is 22.1. The van der Waals surface area contributed by atoms with E-state index >= 15 is 0 Å². The van der Waals surface area contributed by atoms with E-state index in [1.807, 2.05) is 53.2 Å². The largest absolute Gasteiger partial charge is 0.463 e. The average molecular weight is 545 g/mol. The van der Waals surface area contributed by atoms with Crippen LogP contribution in [-0.4, -0.2) is 39.5 Å². The summed E-state index contributed by atoms with van der Waals surface area (Å²) in [6.07, 6.45) is 5.56. The molecule has 7 aromatic rings. The first-order valence-electron chi connectivity index (χ1n) is 12.9. The van der Waals surface area contributed by atoms with Crippen molar-refractivity contribution in [3.05, 3.63) is 97.1 Å². The summed E-state index contributed by atoms with van der Waals surface area (Å²) in [7, 11) is 0. The molecule has 0 radical (unpaired) electrons. The van der Waals surface area contributed by atoms with Crippen molar-refractivity contribution in [2.24, 2.45) is 0 Å². The Kier molecular flexibility index (Phi) is 5.54. The molecule has 0 fully saturated rings. The lowest BCUT2D eigenvalue weighted by atomic mass is 10.0. The van der Waals surface area contributed by atoms with Gasteiger partial charge in [-0.25, -0.2) is 9.97 Å². The molecule has 0 atom stereocenters. The Morgan fingerprint density at radius 3 is 2.68 bits per heavy atom. The van der Waals surface area contributed by atoms with Gasteiger partial charge < -0.3 is 24.4 Å². The number of ether oxygens (including phenoxy) is 1. The molecule has 6 heterocycles. The van der Waals surface area contributed by atoms with Gasteiger partial charge in [-0.1, -0.05) is 17.3 Å². The van der Waals surface area contributed by atoms with Crippen molar-refractivity contribution < 1.29 is 14.3 Å². The maximum Gasteiger partial charge on any atom is 0.222 e. The zero-order valence-corrected chi connectivity index (χ0v) is 22.1. The predicted molar refractivity (Wildman–Crippen MR) is 153 cm³/mol. The fraction of sp³-hybridized carbons (Fsp3) is 0.100. The number of hydrogen-bond acceptors (Lipinski definition) is 9. The molecule has 11 nitrogen and oxygen atoms in total. The number of hydrogen-bond donors (Lipinski definition) is 2. The highest BCUT2D eigenvalue weighted by atomic mass is 16.5. The summed E-state index contributed by atoms with van der Waals surface area (Å²) in [5.41, 5.74) is 9.99. The van der Waals surface area contributed by atoms with Gasteiger partial charge in [-0.3, -0.25) is 0 Å². The molecule has 0 aliphatic carbocycles. The summed E-state index contributed by atoms with van der Waals surface area (Å²) in [5, 5.41) is 19.1. The van der Waals surface area contributed by atoms with Crippen molar-refractivity contribution in [1.29, 1.82) is 0 Å². The zero-order chi connectivity index (χ0) is 28.1. The van der Waals surface area contributed by atoms with E-state index in [1.54, 1.807) is 61.2 Å². The molecule has 202 valence electrons. The minimum absolute atomic E-state index is 0.0681. The standard InChI is InChI=1S/C30H24N8O3/c1-30(2,39)24-8-3-9-25(32-24)41-20-12-13-22-21(16-20)35-36-38(22)28-26(18-10-11-19-6-4-14-37(19)17-18)27(33-29(31)34-28)23-7-5-15-40-23/h3-17,39H,1-2H3,(H2,31,33,34). The molecule has 0 spiro atoms. The number of nitrogens with zero attached hydrogens (tertiary/aromatic N) is 7. The van der Waals surface area contributed by atoms with Crippen LogP contribution in [-0.2, 0) is 5.60 Å². The fourth-order valence-electron chi connectivity index (χ4n) is 4.71. The second-order valence-electron chi connectivity index (χ2n) is 10.0. The molecule has 6 aromatic heterocycles. The Morgan fingerprint density at radius 1 is 0.951 bits per heavy atom. The Balaban J connectivity index is 1.35. The summed E-state index contributed by atoms with van der Waals surface area (Å²) in [4.78, 5) is 13.6. The van der Waals surface area contributed by atoms with E-state index in [-0.39, 0.29) is 5.95 Å². The average Bonchev–Trinajstić information content (AvgIpc) is 3.73. The number of nitrogens with two attached hydrogens (primary N) is 1. The second kappa shape index (κ2) is 9.28. The number of benzene rings is 1. The van der Waals surface area contributed by atoms with Crippen LogP contribution in [0.2, 0.25) is 0 Å². The predicted octanol–water partition coefficient (Wildman–Crippen LogP) is 5.39. The van der Waals surface area contributed by atoms with E-state index in [4.69, 9.17) is 14.9 Å². The smallest absolute Gasteiger partial charge is 0.222 e. The number of anilines is 1. The van der Waals surface area contributed by atoms with Gasteiger partial charge in [0, 0.05) is 35.6 Å². The Hall–Kier alpha value is -5.55. The molecule has 1 aromatic carbocycles. The summed E-state index contributed by atoms with van der Waals surface area (Å²) in [6.45, 7) is 3.34. The monoisotopic (exact) mass is 544 g/mol. The van der Waals surface area contributed by atoms with Crippen molar-refractivity contribution in [3.63, 3.8) is 0 Å². The van der Waals surface area contributed by atoms with Crippen LogP contribution in [0, 0.1) is 0 Å². The molecule has 0 saturated carbocycles. The molecule has 11 heteroatoms. The summed E-state index contributed by atoms with van der Waals surface area (Å²) < 4.78 is 15.4. The van der Waals surface area contributed by atoms with Crippen LogP contribution in [0.4, 0.5) is 5.95 Å². The van der Waals surface area contributed by atoms with Crippen molar-refractivity contribution in [1.82, 2.24) is 34.3 Å². The molecule has 0 saturated heterocycles. The van der Waals surface area contributed by atoms with E-state index in [1.165, 1.54) is 0 Å². The van der Waals surface area contributed by atoms with Gasteiger partial charge in [0.1, 0.15) is 22.6 Å². The third-order valence-corrected chi connectivity index (χ3v) is 6.66. The van der Waals surface area contributed by atoms with Gasteiger partial charge >= 0.3 is 0 Å². The maximum atomic E-state index is 10.3.